The van der Waals surface area contributed by atoms with Gasteiger partial charge in [0.25, 0.3) is 0 Å². The van der Waals surface area contributed by atoms with Crippen LogP contribution in [0, 0.1) is 29.6 Å². The van der Waals surface area contributed by atoms with Gasteiger partial charge in [-0.25, -0.2) is 0 Å². The van der Waals surface area contributed by atoms with Crippen molar-refractivity contribution < 1.29 is 0 Å². The molecule has 4 rings (SSSR count). The smallest absolute Gasteiger partial charge is 0.00440 e. The first-order valence-corrected chi connectivity index (χ1v) is 5.99. The van der Waals surface area contributed by atoms with E-state index in [1.165, 1.54) is 25.7 Å². The lowest BCUT2D eigenvalue weighted by atomic mass is 9.51. The summed E-state index contributed by atoms with van der Waals surface area (Å²) in [5.74, 6) is 5.09. The molecule has 1 heteroatoms. The summed E-state index contributed by atoms with van der Waals surface area (Å²) in [5, 5.41) is 0. The first kappa shape index (κ1) is 8.28. The Kier molecular flexibility index (Phi) is 1.74. The molecule has 0 radical (unpaired) electrons. The molecule has 74 valence electrons. The van der Waals surface area contributed by atoms with Gasteiger partial charge < -0.3 is 5.73 Å². The highest BCUT2D eigenvalue weighted by atomic mass is 14.7. The second-order valence-corrected chi connectivity index (χ2v) is 5.87. The van der Waals surface area contributed by atoms with Gasteiger partial charge in [-0.05, 0) is 68.6 Å². The second-order valence-electron chi connectivity index (χ2n) is 5.87. The first-order valence-electron chi connectivity index (χ1n) is 5.99. The minimum Gasteiger partial charge on any atom is -0.328 e. The van der Waals surface area contributed by atoms with Crippen LogP contribution in [-0.2, 0) is 0 Å². The van der Waals surface area contributed by atoms with Crippen molar-refractivity contribution in [1.82, 2.24) is 0 Å². The van der Waals surface area contributed by atoms with Crippen LogP contribution in [0.4, 0.5) is 0 Å². The van der Waals surface area contributed by atoms with E-state index in [1.807, 2.05) is 0 Å². The Morgan fingerprint density at radius 2 is 1.38 bits per heavy atom. The molecular formula is C12H21N. The van der Waals surface area contributed by atoms with Crippen LogP contribution >= 0.6 is 0 Å². The summed E-state index contributed by atoms with van der Waals surface area (Å²) in [6.07, 6.45) is 7.61. The predicted molar refractivity (Wildman–Crippen MR) is 54.2 cm³/mol. The maximum atomic E-state index is 6.12. The van der Waals surface area contributed by atoms with Crippen molar-refractivity contribution in [3.05, 3.63) is 0 Å². The van der Waals surface area contributed by atoms with Crippen LogP contribution in [0.3, 0.4) is 0 Å². The molecular weight excluding hydrogens is 158 g/mol. The molecule has 1 nitrogen and oxygen atoms in total. The Hall–Kier alpha value is -0.0400. The van der Waals surface area contributed by atoms with E-state index in [-0.39, 0.29) is 0 Å². The van der Waals surface area contributed by atoms with Gasteiger partial charge in [-0.15, -0.1) is 0 Å². The first-order chi connectivity index (χ1) is 6.24. The summed E-state index contributed by atoms with van der Waals surface area (Å²) in [6, 6.07) is 0.454. The summed E-state index contributed by atoms with van der Waals surface area (Å²) in [5.41, 5.74) is 6.12. The van der Waals surface area contributed by atoms with E-state index >= 15 is 0 Å². The molecule has 0 aliphatic heterocycles. The van der Waals surface area contributed by atoms with Gasteiger partial charge in [0.1, 0.15) is 0 Å². The zero-order valence-electron chi connectivity index (χ0n) is 8.58. The van der Waals surface area contributed by atoms with Crippen LogP contribution in [0.25, 0.3) is 0 Å². The molecule has 0 saturated heterocycles. The van der Waals surface area contributed by atoms with Gasteiger partial charge in [-0.1, -0.05) is 0 Å². The Labute approximate surface area is 81.1 Å². The van der Waals surface area contributed by atoms with E-state index in [0.717, 1.165) is 29.6 Å². The highest BCUT2D eigenvalue weighted by molar-refractivity contribution is 5.00. The molecule has 0 unspecified atom stereocenters. The maximum Gasteiger partial charge on any atom is 0.00440 e. The average molecular weight is 179 g/mol. The van der Waals surface area contributed by atoms with Crippen LogP contribution < -0.4 is 5.73 Å². The van der Waals surface area contributed by atoms with E-state index in [0.29, 0.717) is 6.04 Å². The highest BCUT2D eigenvalue weighted by Crippen LogP contribution is 2.56. The minimum absolute atomic E-state index is 0.454. The molecule has 0 spiro atoms. The van der Waals surface area contributed by atoms with Gasteiger partial charge in [0.05, 0.1) is 0 Å². The molecule has 4 aliphatic carbocycles. The average Bonchev–Trinajstić information content (AvgIpc) is 2.00. The molecule has 13 heavy (non-hydrogen) atoms. The molecule has 2 N–H and O–H groups in total. The van der Waals surface area contributed by atoms with Crippen molar-refractivity contribution in [2.45, 2.75) is 45.1 Å². The fraction of sp³-hybridized carbons (Fsp3) is 1.00. The summed E-state index contributed by atoms with van der Waals surface area (Å²) in [6.45, 7) is 2.23. The van der Waals surface area contributed by atoms with Crippen LogP contribution in [0.2, 0.25) is 0 Å². The van der Waals surface area contributed by atoms with Gasteiger partial charge >= 0.3 is 0 Å². The van der Waals surface area contributed by atoms with Gasteiger partial charge in [0.2, 0.25) is 0 Å². The van der Waals surface area contributed by atoms with Gasteiger partial charge in [0, 0.05) is 6.04 Å². The maximum absolute atomic E-state index is 6.12. The number of hydrogen-bond acceptors (Lipinski definition) is 1. The van der Waals surface area contributed by atoms with Gasteiger partial charge in [-0.3, -0.25) is 0 Å². The number of rotatable bonds is 1. The Bertz CT molecular complexity index is 181. The highest BCUT2D eigenvalue weighted by Gasteiger charge is 2.48. The van der Waals surface area contributed by atoms with Crippen molar-refractivity contribution in [3.8, 4) is 0 Å². The molecule has 4 fully saturated rings. The summed E-state index contributed by atoms with van der Waals surface area (Å²) >= 11 is 0. The standard InChI is InChI=1S/C12H21N/c1-7(13)12-10-3-8-2-9(5-10)6-11(12)4-8/h7-12H,2-6,13H2,1H3/t7-,8?,9?,10?,11?,12?/m0/s1. The molecule has 1 atom stereocenters. The second kappa shape index (κ2) is 2.73. The van der Waals surface area contributed by atoms with Crippen LogP contribution in [0.15, 0.2) is 0 Å². The summed E-state index contributed by atoms with van der Waals surface area (Å²) in [4.78, 5) is 0. The summed E-state index contributed by atoms with van der Waals surface area (Å²) in [7, 11) is 0. The van der Waals surface area contributed by atoms with Crippen molar-refractivity contribution in [3.63, 3.8) is 0 Å². The Morgan fingerprint density at radius 1 is 0.923 bits per heavy atom. The lowest BCUT2D eigenvalue weighted by Crippen LogP contribution is -2.50. The lowest BCUT2D eigenvalue weighted by molar-refractivity contribution is -0.0442. The SMILES string of the molecule is C[C@H](N)C1C2CC3CC(C2)CC1C3. The molecule has 0 aromatic heterocycles. The third-order valence-electron chi connectivity index (χ3n) is 4.91. The molecule has 4 bridgehead atoms. The minimum atomic E-state index is 0.454. The van der Waals surface area contributed by atoms with Crippen molar-refractivity contribution >= 4 is 0 Å². The lowest BCUT2D eigenvalue weighted by Gasteiger charge is -2.55. The van der Waals surface area contributed by atoms with Gasteiger partial charge in [0.15, 0.2) is 0 Å². The quantitative estimate of drug-likeness (QED) is 0.657. The van der Waals surface area contributed by atoms with Crippen LogP contribution in [0.5, 0.6) is 0 Å². The van der Waals surface area contributed by atoms with Crippen molar-refractivity contribution in [2.75, 3.05) is 0 Å². The number of nitrogens with two attached hydrogens (primary N) is 1. The summed E-state index contributed by atoms with van der Waals surface area (Å²) < 4.78 is 0. The van der Waals surface area contributed by atoms with Crippen molar-refractivity contribution in [1.29, 1.82) is 0 Å². The third-order valence-corrected chi connectivity index (χ3v) is 4.91. The van der Waals surface area contributed by atoms with E-state index < -0.39 is 0 Å². The fourth-order valence-corrected chi connectivity index (χ4v) is 4.83. The van der Waals surface area contributed by atoms with Crippen LogP contribution in [-0.4, -0.2) is 6.04 Å². The van der Waals surface area contributed by atoms with E-state index in [2.05, 4.69) is 6.92 Å². The molecule has 0 aromatic carbocycles. The zero-order chi connectivity index (χ0) is 9.00. The van der Waals surface area contributed by atoms with Gasteiger partial charge in [-0.2, -0.15) is 0 Å². The largest absolute Gasteiger partial charge is 0.328 e. The Balaban J connectivity index is 1.85. The monoisotopic (exact) mass is 179 g/mol. The predicted octanol–water partition coefficient (Wildman–Crippen LogP) is 2.41. The van der Waals surface area contributed by atoms with Crippen molar-refractivity contribution in [2.24, 2.45) is 35.3 Å². The molecule has 0 amide bonds. The topological polar surface area (TPSA) is 26.0 Å². The number of hydrogen-bond donors (Lipinski definition) is 1. The van der Waals surface area contributed by atoms with E-state index in [4.69, 9.17) is 5.73 Å². The van der Waals surface area contributed by atoms with E-state index in [9.17, 15) is 0 Å². The molecule has 0 aromatic rings. The van der Waals surface area contributed by atoms with E-state index in [1.54, 1.807) is 6.42 Å². The van der Waals surface area contributed by atoms with Crippen LogP contribution in [0.1, 0.15) is 39.0 Å². The normalized spacial score (nSPS) is 55.4. The zero-order valence-corrected chi connectivity index (χ0v) is 8.58. The molecule has 0 heterocycles. The molecule has 4 saturated carbocycles. The fourth-order valence-electron chi connectivity index (χ4n) is 4.83. The third kappa shape index (κ3) is 1.16. The molecule has 4 aliphatic rings. The Morgan fingerprint density at radius 3 is 1.77 bits per heavy atom.